The van der Waals surface area contributed by atoms with Crippen molar-refractivity contribution in [3.8, 4) is 0 Å². The van der Waals surface area contributed by atoms with Crippen molar-refractivity contribution >= 4 is 6.03 Å². The Morgan fingerprint density at radius 3 is 1.95 bits per heavy atom. The quantitative estimate of drug-likeness (QED) is 0.748. The van der Waals surface area contributed by atoms with Crippen molar-refractivity contribution in [3.63, 3.8) is 0 Å². The van der Waals surface area contributed by atoms with Gasteiger partial charge in [-0.05, 0) is 24.7 Å². The van der Waals surface area contributed by atoms with Crippen LogP contribution in [0.15, 0.2) is 0 Å². The van der Waals surface area contributed by atoms with E-state index in [0.717, 1.165) is 24.9 Å². The zero-order chi connectivity index (χ0) is 15.8. The number of likely N-dealkylation sites (tertiary alicyclic amines) is 1. The molecule has 0 atom stereocenters. The summed E-state index contributed by atoms with van der Waals surface area (Å²) in [6, 6.07) is -0.246. The Balaban J connectivity index is 0.000000441. The van der Waals surface area contributed by atoms with Gasteiger partial charge in [-0.15, -0.1) is 0 Å². The molecule has 0 unspecified atom stereocenters. The lowest BCUT2D eigenvalue weighted by Crippen LogP contribution is -2.60. The molecule has 2 amide bonds. The van der Waals surface area contributed by atoms with Crippen molar-refractivity contribution in [3.05, 3.63) is 0 Å². The van der Waals surface area contributed by atoms with Gasteiger partial charge in [0.25, 0.3) is 0 Å². The highest BCUT2D eigenvalue weighted by Crippen LogP contribution is 2.45. The van der Waals surface area contributed by atoms with Gasteiger partial charge in [0.2, 0.25) is 0 Å². The number of amides is 2. The molecule has 120 valence electrons. The molecule has 2 rings (SSSR count). The summed E-state index contributed by atoms with van der Waals surface area (Å²) in [6.45, 7) is 14.8. The molecule has 1 spiro atoms. The number of carbonyl (C=O) groups excluding carboxylic acids is 1. The van der Waals surface area contributed by atoms with Crippen LogP contribution in [0.25, 0.3) is 0 Å². The van der Waals surface area contributed by atoms with E-state index in [1.54, 1.807) is 4.90 Å². The Bertz CT molecular complexity index is 260. The van der Waals surface area contributed by atoms with Crippen LogP contribution in [-0.4, -0.2) is 24.0 Å². The van der Waals surface area contributed by atoms with Crippen molar-refractivity contribution in [2.75, 3.05) is 13.1 Å². The average molecular weight is 284 g/mol. The van der Waals surface area contributed by atoms with Gasteiger partial charge in [-0.1, -0.05) is 60.8 Å². The lowest BCUT2D eigenvalue weighted by molar-refractivity contribution is -0.00632. The van der Waals surface area contributed by atoms with E-state index in [1.165, 1.54) is 32.1 Å². The molecule has 3 nitrogen and oxygen atoms in total. The minimum atomic E-state index is -0.246. The van der Waals surface area contributed by atoms with Gasteiger partial charge in [-0.2, -0.15) is 0 Å². The fourth-order valence-corrected chi connectivity index (χ4v) is 2.61. The Morgan fingerprint density at radius 2 is 1.65 bits per heavy atom. The number of hydrogen-bond acceptors (Lipinski definition) is 1. The second kappa shape index (κ2) is 9.25. The molecule has 0 aromatic carbocycles. The van der Waals surface area contributed by atoms with Gasteiger partial charge in [-0.3, -0.25) is 0 Å². The molecule has 20 heavy (non-hydrogen) atoms. The van der Waals surface area contributed by atoms with Gasteiger partial charge >= 0.3 is 6.03 Å². The van der Waals surface area contributed by atoms with E-state index in [2.05, 4.69) is 27.7 Å². The average Bonchev–Trinajstić information content (AvgIpc) is 2.40. The fourth-order valence-electron chi connectivity index (χ4n) is 2.61. The van der Waals surface area contributed by atoms with Crippen molar-refractivity contribution in [2.45, 2.75) is 73.6 Å². The van der Waals surface area contributed by atoms with Gasteiger partial charge in [0.05, 0.1) is 0 Å². The number of hydrogen-bond donors (Lipinski definition) is 1. The lowest BCUT2D eigenvalue weighted by Gasteiger charge is -2.52. The monoisotopic (exact) mass is 284 g/mol. The summed E-state index contributed by atoms with van der Waals surface area (Å²) in [5.74, 6) is 1.77. The van der Waals surface area contributed by atoms with E-state index in [4.69, 9.17) is 5.73 Å². The van der Waals surface area contributed by atoms with Crippen LogP contribution in [0.2, 0.25) is 0 Å². The molecular formula is C17H36N2O. The van der Waals surface area contributed by atoms with Gasteiger partial charge in [-0.25, -0.2) is 4.79 Å². The highest BCUT2D eigenvalue weighted by Gasteiger charge is 2.45. The smallest absolute Gasteiger partial charge is 0.314 e. The minimum Gasteiger partial charge on any atom is -0.351 e. The van der Waals surface area contributed by atoms with Gasteiger partial charge < -0.3 is 10.6 Å². The molecule has 1 aliphatic heterocycles. The molecule has 2 fully saturated rings. The highest BCUT2D eigenvalue weighted by molar-refractivity contribution is 5.73. The molecule has 1 heterocycles. The van der Waals surface area contributed by atoms with E-state index in [9.17, 15) is 4.79 Å². The van der Waals surface area contributed by atoms with Gasteiger partial charge in [0.1, 0.15) is 0 Å². The van der Waals surface area contributed by atoms with Crippen LogP contribution in [0, 0.1) is 17.3 Å². The van der Waals surface area contributed by atoms with Gasteiger partial charge in [0, 0.05) is 18.5 Å². The first-order valence-electron chi connectivity index (χ1n) is 8.43. The van der Waals surface area contributed by atoms with Gasteiger partial charge in [0.15, 0.2) is 0 Å². The minimum absolute atomic E-state index is 0.246. The predicted octanol–water partition coefficient (Wildman–Crippen LogP) is 4.66. The lowest BCUT2D eigenvalue weighted by atomic mass is 9.66. The molecule has 2 aliphatic rings. The summed E-state index contributed by atoms with van der Waals surface area (Å²) >= 11 is 0. The molecule has 1 saturated carbocycles. The molecule has 0 aromatic rings. The van der Waals surface area contributed by atoms with Crippen LogP contribution >= 0.6 is 0 Å². The molecule has 0 radical (unpaired) electrons. The standard InChI is InChI=1S/C10H18N2O.C5H12.C2H6/c1-8-2-4-10(5-3-8)6-12(7-10)9(11)13;1-4-5(2)3;1-2/h8H,2-7H2,1H3,(H2,11,13);5H,4H2,1-3H3;1-2H3. The number of nitrogens with zero attached hydrogens (tertiary/aromatic N) is 1. The van der Waals surface area contributed by atoms with Crippen molar-refractivity contribution < 1.29 is 4.79 Å². The zero-order valence-electron chi connectivity index (χ0n) is 14.5. The molecule has 3 heteroatoms. The maximum absolute atomic E-state index is 10.8. The molecule has 0 aromatic heterocycles. The van der Waals surface area contributed by atoms with E-state index in [-0.39, 0.29) is 6.03 Å². The topological polar surface area (TPSA) is 46.3 Å². The van der Waals surface area contributed by atoms with Crippen molar-refractivity contribution in [1.29, 1.82) is 0 Å². The van der Waals surface area contributed by atoms with E-state index < -0.39 is 0 Å². The molecule has 1 aliphatic carbocycles. The maximum Gasteiger partial charge on any atom is 0.314 e. The first kappa shape index (κ1) is 19.3. The second-order valence-electron chi connectivity index (χ2n) is 6.68. The summed E-state index contributed by atoms with van der Waals surface area (Å²) < 4.78 is 0. The fraction of sp³-hybridized carbons (Fsp3) is 0.941. The van der Waals surface area contributed by atoms with Crippen molar-refractivity contribution in [2.24, 2.45) is 23.0 Å². The number of nitrogens with two attached hydrogens (primary N) is 1. The van der Waals surface area contributed by atoms with Crippen LogP contribution in [0.1, 0.15) is 73.6 Å². The SMILES string of the molecule is CC.CC1CCC2(CC1)CN(C(N)=O)C2.CCC(C)C. The molecular weight excluding hydrogens is 248 g/mol. The highest BCUT2D eigenvalue weighted by atomic mass is 16.2. The molecule has 1 saturated heterocycles. The van der Waals surface area contributed by atoms with E-state index >= 15 is 0 Å². The normalized spacial score (nSPS) is 20.4. The van der Waals surface area contributed by atoms with Crippen LogP contribution < -0.4 is 5.73 Å². The van der Waals surface area contributed by atoms with Crippen LogP contribution in [-0.2, 0) is 0 Å². The summed E-state index contributed by atoms with van der Waals surface area (Å²) in [6.07, 6.45) is 6.54. The van der Waals surface area contributed by atoms with Crippen LogP contribution in [0.4, 0.5) is 4.79 Å². The summed E-state index contributed by atoms with van der Waals surface area (Å²) in [5, 5.41) is 0. The summed E-state index contributed by atoms with van der Waals surface area (Å²) in [5.41, 5.74) is 5.66. The third-order valence-electron chi connectivity index (χ3n) is 4.52. The summed E-state index contributed by atoms with van der Waals surface area (Å²) in [7, 11) is 0. The first-order valence-corrected chi connectivity index (χ1v) is 8.43. The number of primary amides is 1. The molecule has 2 N–H and O–H groups in total. The Kier molecular flexibility index (Phi) is 8.91. The Morgan fingerprint density at radius 1 is 1.25 bits per heavy atom. The second-order valence-corrected chi connectivity index (χ2v) is 6.68. The summed E-state index contributed by atoms with van der Waals surface area (Å²) in [4.78, 5) is 12.6. The van der Waals surface area contributed by atoms with Crippen LogP contribution in [0.5, 0.6) is 0 Å². The molecule has 0 bridgehead atoms. The Hall–Kier alpha value is -0.730. The number of urea groups is 1. The van der Waals surface area contributed by atoms with Crippen LogP contribution in [0.3, 0.4) is 0 Å². The number of carbonyl (C=O) groups is 1. The largest absolute Gasteiger partial charge is 0.351 e. The Labute approximate surface area is 126 Å². The first-order chi connectivity index (χ1) is 9.38. The zero-order valence-corrected chi connectivity index (χ0v) is 14.5. The van der Waals surface area contributed by atoms with E-state index in [0.29, 0.717) is 5.41 Å². The van der Waals surface area contributed by atoms with E-state index in [1.807, 2.05) is 13.8 Å². The third-order valence-corrected chi connectivity index (χ3v) is 4.52. The third kappa shape index (κ3) is 6.15. The van der Waals surface area contributed by atoms with Crippen molar-refractivity contribution in [1.82, 2.24) is 4.90 Å². The number of rotatable bonds is 1. The predicted molar refractivity (Wildman–Crippen MR) is 87.7 cm³/mol. The maximum atomic E-state index is 10.8.